The van der Waals surface area contributed by atoms with Gasteiger partial charge in [0.15, 0.2) is 17.5 Å². The summed E-state index contributed by atoms with van der Waals surface area (Å²) in [6.45, 7) is 0. The van der Waals surface area contributed by atoms with Crippen molar-refractivity contribution in [1.82, 2.24) is 19.5 Å². The Kier molecular flexibility index (Phi) is 7.10. The summed E-state index contributed by atoms with van der Waals surface area (Å²) in [5.41, 5.74) is 10.5. The Labute approximate surface area is 284 Å². The fourth-order valence-electron chi connectivity index (χ4n) is 6.87. The fourth-order valence-corrected chi connectivity index (χ4v) is 6.87. The molecule has 230 valence electrons. The van der Waals surface area contributed by atoms with E-state index >= 15 is 0 Å². The van der Waals surface area contributed by atoms with Crippen LogP contribution in [0.1, 0.15) is 0 Å². The van der Waals surface area contributed by atoms with Crippen molar-refractivity contribution >= 4 is 21.8 Å². The SMILES string of the molecule is c1ccc(-c2ccccc2-c2nc(-c3ccccc3-c3ccccc3)nc(-c3ccccc3-n3c4ccccc4c4ccccc43)n2)cc1. The number of aromatic nitrogens is 4. The highest BCUT2D eigenvalue weighted by Gasteiger charge is 2.21. The third kappa shape index (κ3) is 5.07. The number of hydrogen-bond acceptors (Lipinski definition) is 3. The molecule has 2 aromatic heterocycles. The Morgan fingerprint density at radius 1 is 0.286 bits per heavy atom. The molecule has 0 aliphatic carbocycles. The molecule has 9 aromatic rings. The summed E-state index contributed by atoms with van der Waals surface area (Å²) in [5, 5.41) is 2.41. The Morgan fingerprint density at radius 3 is 1.12 bits per heavy atom. The lowest BCUT2D eigenvalue weighted by atomic mass is 9.98. The van der Waals surface area contributed by atoms with Gasteiger partial charge >= 0.3 is 0 Å². The summed E-state index contributed by atoms with van der Waals surface area (Å²) in [6, 6.07) is 63.1. The molecule has 9 rings (SSSR count). The van der Waals surface area contributed by atoms with Crippen molar-refractivity contribution in [1.29, 1.82) is 0 Å². The molecule has 0 aliphatic heterocycles. The lowest BCUT2D eigenvalue weighted by Crippen LogP contribution is -2.04. The largest absolute Gasteiger partial charge is 0.309 e. The molecule has 0 saturated carbocycles. The van der Waals surface area contributed by atoms with Gasteiger partial charge in [-0.05, 0) is 46.5 Å². The molecule has 0 N–H and O–H groups in total. The van der Waals surface area contributed by atoms with Crippen LogP contribution in [0.4, 0.5) is 0 Å². The fraction of sp³-hybridized carbons (Fsp3) is 0. The number of rotatable bonds is 6. The van der Waals surface area contributed by atoms with Crippen LogP contribution in [0.3, 0.4) is 0 Å². The summed E-state index contributed by atoms with van der Waals surface area (Å²) in [6.07, 6.45) is 0. The van der Waals surface area contributed by atoms with Crippen molar-refractivity contribution in [2.75, 3.05) is 0 Å². The summed E-state index contributed by atoms with van der Waals surface area (Å²) in [4.78, 5) is 15.8. The minimum absolute atomic E-state index is 0.614. The maximum Gasteiger partial charge on any atom is 0.166 e. The number of hydrogen-bond donors (Lipinski definition) is 0. The molecular formula is C45H30N4. The Bertz CT molecular complexity index is 2450. The first-order valence-electron chi connectivity index (χ1n) is 16.5. The first-order chi connectivity index (χ1) is 24.3. The highest BCUT2D eigenvalue weighted by molar-refractivity contribution is 6.09. The molecule has 0 atom stereocenters. The zero-order valence-corrected chi connectivity index (χ0v) is 26.6. The lowest BCUT2D eigenvalue weighted by Gasteiger charge is -2.16. The molecule has 0 radical (unpaired) electrons. The number of para-hydroxylation sites is 3. The van der Waals surface area contributed by atoms with Gasteiger partial charge in [0.2, 0.25) is 0 Å². The normalized spacial score (nSPS) is 11.3. The molecule has 0 spiro atoms. The van der Waals surface area contributed by atoms with Crippen molar-refractivity contribution in [2.45, 2.75) is 0 Å². The first kappa shape index (κ1) is 28.6. The van der Waals surface area contributed by atoms with E-state index in [4.69, 9.17) is 15.0 Å². The van der Waals surface area contributed by atoms with Gasteiger partial charge in [-0.3, -0.25) is 0 Å². The smallest absolute Gasteiger partial charge is 0.166 e. The average molecular weight is 627 g/mol. The molecule has 0 fully saturated rings. The van der Waals surface area contributed by atoms with Crippen LogP contribution in [0.2, 0.25) is 0 Å². The molecule has 0 saturated heterocycles. The summed E-state index contributed by atoms with van der Waals surface area (Å²) in [7, 11) is 0. The van der Waals surface area contributed by atoms with E-state index in [2.05, 4.69) is 174 Å². The monoisotopic (exact) mass is 626 g/mol. The predicted molar refractivity (Wildman–Crippen MR) is 201 cm³/mol. The standard InChI is InChI=1S/C45H30N4/c1-3-17-31(18-4-1)33-21-7-9-25-37(33)43-46-44(38-26-10-8-22-34(38)32-19-5-2-6-20-32)48-45(47-43)39-27-13-16-30-42(39)49-40-28-14-11-23-35(40)36-24-12-15-29-41(36)49/h1-30H. The van der Waals surface area contributed by atoms with E-state index in [0.717, 1.165) is 55.7 Å². The Morgan fingerprint density at radius 2 is 0.633 bits per heavy atom. The minimum Gasteiger partial charge on any atom is -0.309 e. The molecule has 49 heavy (non-hydrogen) atoms. The molecular weight excluding hydrogens is 597 g/mol. The van der Waals surface area contributed by atoms with Gasteiger partial charge in [-0.1, -0.05) is 158 Å². The van der Waals surface area contributed by atoms with Crippen LogP contribution in [-0.2, 0) is 0 Å². The van der Waals surface area contributed by atoms with Crippen molar-refractivity contribution in [3.63, 3.8) is 0 Å². The van der Waals surface area contributed by atoms with Crippen LogP contribution >= 0.6 is 0 Å². The minimum atomic E-state index is 0.614. The van der Waals surface area contributed by atoms with Crippen molar-refractivity contribution in [3.05, 3.63) is 182 Å². The van der Waals surface area contributed by atoms with Crippen molar-refractivity contribution in [2.24, 2.45) is 0 Å². The van der Waals surface area contributed by atoms with Gasteiger partial charge < -0.3 is 4.57 Å². The van der Waals surface area contributed by atoms with Gasteiger partial charge in [-0.15, -0.1) is 0 Å². The molecule has 2 heterocycles. The lowest BCUT2D eigenvalue weighted by molar-refractivity contribution is 1.06. The average Bonchev–Trinajstić information content (AvgIpc) is 3.53. The predicted octanol–water partition coefficient (Wildman–Crippen LogP) is 11.3. The Hall–Kier alpha value is -6.65. The summed E-state index contributed by atoms with van der Waals surface area (Å²) < 4.78 is 2.33. The maximum atomic E-state index is 5.28. The van der Waals surface area contributed by atoms with Crippen LogP contribution in [0, 0.1) is 0 Å². The second kappa shape index (κ2) is 12.2. The van der Waals surface area contributed by atoms with E-state index in [1.54, 1.807) is 0 Å². The Balaban J connectivity index is 1.33. The van der Waals surface area contributed by atoms with Gasteiger partial charge in [-0.2, -0.15) is 0 Å². The van der Waals surface area contributed by atoms with E-state index < -0.39 is 0 Å². The van der Waals surface area contributed by atoms with E-state index in [1.807, 2.05) is 12.1 Å². The van der Waals surface area contributed by atoms with Crippen LogP contribution in [0.15, 0.2) is 182 Å². The molecule has 4 nitrogen and oxygen atoms in total. The zero-order chi connectivity index (χ0) is 32.6. The highest BCUT2D eigenvalue weighted by Crippen LogP contribution is 2.38. The number of fused-ring (bicyclic) bond motifs is 3. The van der Waals surface area contributed by atoms with Crippen LogP contribution in [-0.4, -0.2) is 19.5 Å². The summed E-state index contributed by atoms with van der Waals surface area (Å²) in [5.74, 6) is 1.86. The highest BCUT2D eigenvalue weighted by atomic mass is 15.1. The van der Waals surface area contributed by atoms with E-state index in [-0.39, 0.29) is 0 Å². The van der Waals surface area contributed by atoms with Crippen molar-refractivity contribution < 1.29 is 0 Å². The van der Waals surface area contributed by atoms with E-state index in [1.165, 1.54) is 10.8 Å². The van der Waals surface area contributed by atoms with Crippen LogP contribution in [0.25, 0.3) is 83.9 Å². The van der Waals surface area contributed by atoms with Gasteiger partial charge in [0.05, 0.1) is 16.7 Å². The molecule has 0 unspecified atom stereocenters. The van der Waals surface area contributed by atoms with Crippen molar-refractivity contribution in [3.8, 4) is 62.1 Å². The molecule has 0 bridgehead atoms. The van der Waals surface area contributed by atoms with Gasteiger partial charge in [-0.25, -0.2) is 15.0 Å². The van der Waals surface area contributed by atoms with E-state index in [9.17, 15) is 0 Å². The van der Waals surface area contributed by atoms with E-state index in [0.29, 0.717) is 17.5 Å². The second-order valence-corrected chi connectivity index (χ2v) is 12.0. The molecule has 4 heteroatoms. The van der Waals surface area contributed by atoms with Gasteiger partial charge in [0.1, 0.15) is 0 Å². The van der Waals surface area contributed by atoms with Gasteiger partial charge in [0.25, 0.3) is 0 Å². The van der Waals surface area contributed by atoms with Gasteiger partial charge in [0, 0.05) is 27.5 Å². The third-order valence-corrected chi connectivity index (χ3v) is 9.11. The number of benzene rings is 7. The molecule has 7 aromatic carbocycles. The molecule has 0 aliphatic rings. The maximum absolute atomic E-state index is 5.28. The zero-order valence-electron chi connectivity index (χ0n) is 26.6. The first-order valence-corrected chi connectivity index (χ1v) is 16.5. The summed E-state index contributed by atoms with van der Waals surface area (Å²) >= 11 is 0. The third-order valence-electron chi connectivity index (χ3n) is 9.11. The van der Waals surface area contributed by atoms with Crippen LogP contribution in [0.5, 0.6) is 0 Å². The van der Waals surface area contributed by atoms with Crippen LogP contribution < -0.4 is 0 Å². The quantitative estimate of drug-likeness (QED) is 0.184. The molecule has 0 amide bonds. The number of nitrogens with zero attached hydrogens (tertiary/aromatic N) is 4. The second-order valence-electron chi connectivity index (χ2n) is 12.0. The topological polar surface area (TPSA) is 43.6 Å².